The van der Waals surface area contributed by atoms with Gasteiger partial charge < -0.3 is 29.5 Å². The smallest absolute Gasteiger partial charge is 0.314 e. The Bertz CT molecular complexity index is 481. The summed E-state index contributed by atoms with van der Waals surface area (Å²) in [7, 11) is 1.41. The number of methoxy groups -OCH3 is 1. The lowest BCUT2D eigenvalue weighted by molar-refractivity contribution is -0.357. The van der Waals surface area contributed by atoms with Crippen molar-refractivity contribution in [3.8, 4) is 0 Å². The summed E-state index contributed by atoms with van der Waals surface area (Å²) in [6, 6.07) is 8.95. The van der Waals surface area contributed by atoms with Crippen molar-refractivity contribution in [1.29, 1.82) is 0 Å². The Balaban J connectivity index is 1.89. The molecule has 1 aromatic rings. The number of benzene rings is 1. The zero-order valence-corrected chi connectivity index (χ0v) is 11.5. The highest BCUT2D eigenvalue weighted by atomic mass is 16.9. The second kappa shape index (κ2) is 5.62. The molecule has 6 atom stereocenters. The molecular weight excluding hydrogens is 280 g/mol. The van der Waals surface area contributed by atoms with Crippen molar-refractivity contribution < 1.29 is 34.3 Å². The van der Waals surface area contributed by atoms with Gasteiger partial charge in [-0.15, -0.1) is 0 Å². The Kier molecular flexibility index (Phi) is 3.98. The summed E-state index contributed by atoms with van der Waals surface area (Å²) in [6.45, 7) is -0.434. The molecule has 2 heterocycles. The molecule has 0 aliphatic carbocycles. The van der Waals surface area contributed by atoms with Crippen molar-refractivity contribution in [2.24, 2.45) is 0 Å². The minimum atomic E-state index is -1.51. The molecule has 0 amide bonds. The van der Waals surface area contributed by atoms with Gasteiger partial charge >= 0.3 is 5.97 Å². The van der Waals surface area contributed by atoms with Crippen molar-refractivity contribution in [2.75, 3.05) is 13.7 Å². The minimum Gasteiger partial charge on any atom is -0.394 e. The van der Waals surface area contributed by atoms with Crippen LogP contribution in [0, 0.1) is 0 Å². The predicted octanol–water partition coefficient (Wildman–Crippen LogP) is -0.702. The van der Waals surface area contributed by atoms with E-state index in [1.807, 2.05) is 6.07 Å². The summed E-state index contributed by atoms with van der Waals surface area (Å²) in [6.07, 6.45) is -5.30. The molecular formula is C14H18O7. The Morgan fingerprint density at radius 1 is 1.14 bits per heavy atom. The van der Waals surface area contributed by atoms with Crippen LogP contribution in [0.5, 0.6) is 0 Å². The lowest BCUT2D eigenvalue weighted by atomic mass is 9.99. The van der Waals surface area contributed by atoms with Gasteiger partial charge in [0.15, 0.2) is 6.29 Å². The second-order valence-corrected chi connectivity index (χ2v) is 5.03. The fourth-order valence-electron chi connectivity index (χ4n) is 2.63. The van der Waals surface area contributed by atoms with Crippen molar-refractivity contribution in [2.45, 2.75) is 36.7 Å². The third kappa shape index (κ3) is 2.36. The van der Waals surface area contributed by atoms with E-state index in [2.05, 4.69) is 0 Å². The molecule has 21 heavy (non-hydrogen) atoms. The van der Waals surface area contributed by atoms with E-state index in [-0.39, 0.29) is 0 Å². The third-order valence-corrected chi connectivity index (χ3v) is 3.78. The van der Waals surface area contributed by atoms with E-state index in [1.165, 1.54) is 7.11 Å². The summed E-state index contributed by atoms with van der Waals surface area (Å²) in [5.41, 5.74) is 0.604. The number of hydrogen-bond acceptors (Lipinski definition) is 7. The lowest BCUT2D eigenvalue weighted by Gasteiger charge is -2.36. The highest BCUT2D eigenvalue weighted by Gasteiger charge is 2.58. The standard InChI is InChI=1S/C14H18O7/c1-18-14(8-5-3-2-4-6-8)20-12-11(17)10(16)9(7-15)19-13(12)21-14/h2-6,9-13,15-17H,7H2,1H3/t9-,10-,11+,12+,13+,14-/m1/s1. The molecule has 3 rings (SSSR count). The third-order valence-electron chi connectivity index (χ3n) is 3.78. The molecule has 0 radical (unpaired) electrons. The van der Waals surface area contributed by atoms with E-state index in [1.54, 1.807) is 24.3 Å². The average Bonchev–Trinajstić information content (AvgIpc) is 2.92. The maximum Gasteiger partial charge on any atom is 0.314 e. The van der Waals surface area contributed by atoms with E-state index in [0.29, 0.717) is 5.56 Å². The number of ether oxygens (including phenoxy) is 4. The van der Waals surface area contributed by atoms with Gasteiger partial charge in [0.05, 0.1) is 6.61 Å². The number of hydrogen-bond donors (Lipinski definition) is 3. The van der Waals surface area contributed by atoms with Gasteiger partial charge in [-0.3, -0.25) is 4.74 Å². The van der Waals surface area contributed by atoms with Gasteiger partial charge in [-0.2, -0.15) is 0 Å². The van der Waals surface area contributed by atoms with Crippen LogP contribution >= 0.6 is 0 Å². The molecule has 2 aliphatic heterocycles. The van der Waals surface area contributed by atoms with Crippen LogP contribution in [-0.2, 0) is 24.9 Å². The van der Waals surface area contributed by atoms with Gasteiger partial charge in [0.1, 0.15) is 24.4 Å². The van der Waals surface area contributed by atoms with Crippen LogP contribution in [0.25, 0.3) is 0 Å². The summed E-state index contributed by atoms with van der Waals surface area (Å²) in [5.74, 6) is -1.51. The van der Waals surface area contributed by atoms with Crippen molar-refractivity contribution in [3.05, 3.63) is 35.9 Å². The first-order valence-electron chi connectivity index (χ1n) is 6.70. The first-order chi connectivity index (χ1) is 10.1. The number of rotatable bonds is 3. The molecule has 3 N–H and O–H groups in total. The van der Waals surface area contributed by atoms with Gasteiger partial charge in [0.25, 0.3) is 0 Å². The Morgan fingerprint density at radius 3 is 2.48 bits per heavy atom. The fraction of sp³-hybridized carbons (Fsp3) is 0.571. The molecule has 116 valence electrons. The quantitative estimate of drug-likeness (QED) is 0.678. The minimum absolute atomic E-state index is 0.434. The molecule has 7 heteroatoms. The fourth-order valence-corrected chi connectivity index (χ4v) is 2.63. The number of fused-ring (bicyclic) bond motifs is 1. The molecule has 0 spiro atoms. The van der Waals surface area contributed by atoms with Crippen LogP contribution < -0.4 is 0 Å². The topological polar surface area (TPSA) is 97.6 Å². The Morgan fingerprint density at radius 2 is 1.86 bits per heavy atom. The molecule has 2 fully saturated rings. The van der Waals surface area contributed by atoms with Crippen LogP contribution in [0.4, 0.5) is 0 Å². The van der Waals surface area contributed by atoms with Gasteiger partial charge in [-0.05, 0) is 0 Å². The van der Waals surface area contributed by atoms with E-state index < -0.39 is 43.3 Å². The second-order valence-electron chi connectivity index (χ2n) is 5.03. The van der Waals surface area contributed by atoms with Crippen molar-refractivity contribution in [3.63, 3.8) is 0 Å². The van der Waals surface area contributed by atoms with E-state index in [4.69, 9.17) is 18.9 Å². The molecule has 0 bridgehead atoms. The molecule has 0 saturated carbocycles. The zero-order chi connectivity index (χ0) is 15.0. The normalized spacial score (nSPS) is 42.8. The molecule has 0 unspecified atom stereocenters. The summed E-state index contributed by atoms with van der Waals surface area (Å²) in [5, 5.41) is 29.2. The van der Waals surface area contributed by atoms with Gasteiger partial charge in [0.2, 0.25) is 0 Å². The van der Waals surface area contributed by atoms with Crippen molar-refractivity contribution in [1.82, 2.24) is 0 Å². The summed E-state index contributed by atoms with van der Waals surface area (Å²) in [4.78, 5) is 0. The van der Waals surface area contributed by atoms with Crippen LogP contribution in [0.15, 0.2) is 30.3 Å². The maximum absolute atomic E-state index is 10.1. The molecule has 7 nitrogen and oxygen atoms in total. The predicted molar refractivity (Wildman–Crippen MR) is 68.8 cm³/mol. The van der Waals surface area contributed by atoms with Gasteiger partial charge in [-0.1, -0.05) is 30.3 Å². The average molecular weight is 298 g/mol. The van der Waals surface area contributed by atoms with Gasteiger partial charge in [0, 0.05) is 12.7 Å². The SMILES string of the molecule is CO[C@@]1(c2ccccc2)O[C@@H]2O[C@H](CO)[C@@H](O)[C@H](O)[C@@H]2O1. The molecule has 2 aliphatic rings. The van der Waals surface area contributed by atoms with Crippen molar-refractivity contribution >= 4 is 0 Å². The molecule has 2 saturated heterocycles. The monoisotopic (exact) mass is 298 g/mol. The van der Waals surface area contributed by atoms with E-state index in [0.717, 1.165) is 0 Å². The van der Waals surface area contributed by atoms with Crippen LogP contribution in [0.3, 0.4) is 0 Å². The summed E-state index contributed by atoms with van der Waals surface area (Å²) < 4.78 is 22.2. The van der Waals surface area contributed by atoms with Gasteiger partial charge in [-0.25, -0.2) is 0 Å². The van der Waals surface area contributed by atoms with Crippen LogP contribution in [0.1, 0.15) is 5.56 Å². The maximum atomic E-state index is 10.1. The number of aliphatic hydroxyl groups excluding tert-OH is 3. The summed E-state index contributed by atoms with van der Waals surface area (Å²) >= 11 is 0. The molecule has 0 aromatic heterocycles. The first kappa shape index (κ1) is 14.9. The highest BCUT2D eigenvalue weighted by molar-refractivity contribution is 5.19. The van der Waals surface area contributed by atoms with E-state index >= 15 is 0 Å². The Hall–Kier alpha value is -1.06. The highest BCUT2D eigenvalue weighted by Crippen LogP contribution is 2.42. The largest absolute Gasteiger partial charge is 0.394 e. The lowest BCUT2D eigenvalue weighted by Crippen LogP contribution is -2.57. The van der Waals surface area contributed by atoms with Crippen LogP contribution in [-0.4, -0.2) is 59.7 Å². The number of aliphatic hydroxyl groups is 3. The van der Waals surface area contributed by atoms with E-state index in [9.17, 15) is 15.3 Å². The first-order valence-corrected chi connectivity index (χ1v) is 6.70. The Labute approximate surface area is 121 Å². The van der Waals surface area contributed by atoms with Crippen LogP contribution in [0.2, 0.25) is 0 Å². The molecule has 1 aromatic carbocycles. The zero-order valence-electron chi connectivity index (χ0n) is 11.5.